The van der Waals surface area contributed by atoms with Gasteiger partial charge in [0.25, 0.3) is 0 Å². The van der Waals surface area contributed by atoms with Crippen LogP contribution in [0.2, 0.25) is 0 Å². The van der Waals surface area contributed by atoms with E-state index in [0.717, 1.165) is 18.4 Å². The monoisotopic (exact) mass is 200 g/mol. The molecule has 0 spiro atoms. The topological polar surface area (TPSA) is 38.9 Å². The summed E-state index contributed by atoms with van der Waals surface area (Å²) in [6.45, 7) is 2.04. The Bertz CT molecular complexity index is 449. The standard InChI is InChI=1S/C13H16N2/c1-10(14)4-5-11-6-7-12-3-2-8-15-13(12)9-11/h2-3,6-10H,4-5,14H2,1H3/t10-/m0/s1. The molecule has 1 aromatic carbocycles. The van der Waals surface area contributed by atoms with Gasteiger partial charge in [0.15, 0.2) is 0 Å². The van der Waals surface area contributed by atoms with E-state index in [9.17, 15) is 0 Å². The van der Waals surface area contributed by atoms with Crippen molar-refractivity contribution < 1.29 is 0 Å². The molecular formula is C13H16N2. The minimum Gasteiger partial charge on any atom is -0.328 e. The molecule has 2 nitrogen and oxygen atoms in total. The molecule has 0 fully saturated rings. The van der Waals surface area contributed by atoms with Gasteiger partial charge in [-0.1, -0.05) is 18.2 Å². The largest absolute Gasteiger partial charge is 0.328 e. The van der Waals surface area contributed by atoms with Gasteiger partial charge in [0.1, 0.15) is 0 Å². The summed E-state index contributed by atoms with van der Waals surface area (Å²) in [6, 6.07) is 10.7. The molecule has 1 aromatic heterocycles. The van der Waals surface area contributed by atoms with Crippen LogP contribution in [0.1, 0.15) is 18.9 Å². The summed E-state index contributed by atoms with van der Waals surface area (Å²) in [5, 5.41) is 1.20. The molecule has 0 radical (unpaired) electrons. The molecule has 78 valence electrons. The summed E-state index contributed by atoms with van der Waals surface area (Å²) in [4.78, 5) is 4.34. The second kappa shape index (κ2) is 4.41. The minimum atomic E-state index is 0.268. The van der Waals surface area contributed by atoms with Gasteiger partial charge in [0.05, 0.1) is 5.52 Å². The van der Waals surface area contributed by atoms with E-state index in [1.165, 1.54) is 10.9 Å². The Labute approximate surface area is 90.1 Å². The molecule has 0 bridgehead atoms. The van der Waals surface area contributed by atoms with Crippen LogP contribution >= 0.6 is 0 Å². The van der Waals surface area contributed by atoms with Crippen LogP contribution in [0, 0.1) is 0 Å². The summed E-state index contributed by atoms with van der Waals surface area (Å²) in [6.07, 6.45) is 3.89. The number of nitrogens with zero attached hydrogens (tertiary/aromatic N) is 1. The summed E-state index contributed by atoms with van der Waals surface area (Å²) < 4.78 is 0. The average molecular weight is 200 g/mol. The Morgan fingerprint density at radius 2 is 2.20 bits per heavy atom. The number of rotatable bonds is 3. The molecule has 1 heterocycles. The van der Waals surface area contributed by atoms with Crippen molar-refractivity contribution in [1.82, 2.24) is 4.98 Å². The van der Waals surface area contributed by atoms with E-state index in [0.29, 0.717) is 0 Å². The molecule has 0 unspecified atom stereocenters. The molecule has 0 saturated carbocycles. The fraction of sp³-hybridized carbons (Fsp3) is 0.308. The summed E-state index contributed by atoms with van der Waals surface area (Å²) in [7, 11) is 0. The number of aromatic nitrogens is 1. The van der Waals surface area contributed by atoms with Crippen LogP contribution in [0.3, 0.4) is 0 Å². The number of pyridine rings is 1. The Balaban J connectivity index is 2.23. The molecule has 0 amide bonds. The van der Waals surface area contributed by atoms with E-state index in [2.05, 4.69) is 29.2 Å². The number of nitrogens with two attached hydrogens (primary N) is 1. The van der Waals surface area contributed by atoms with E-state index in [-0.39, 0.29) is 6.04 Å². The van der Waals surface area contributed by atoms with Gasteiger partial charge in [0.2, 0.25) is 0 Å². The fourth-order valence-corrected chi connectivity index (χ4v) is 1.66. The van der Waals surface area contributed by atoms with Gasteiger partial charge in [0, 0.05) is 17.6 Å². The Kier molecular flexibility index (Phi) is 2.97. The van der Waals surface area contributed by atoms with Crippen LogP contribution in [0.5, 0.6) is 0 Å². The van der Waals surface area contributed by atoms with Crippen LogP contribution in [0.25, 0.3) is 10.9 Å². The lowest BCUT2D eigenvalue weighted by molar-refractivity contribution is 0.666. The highest BCUT2D eigenvalue weighted by Crippen LogP contribution is 2.14. The van der Waals surface area contributed by atoms with Crippen molar-refractivity contribution in [1.29, 1.82) is 0 Å². The van der Waals surface area contributed by atoms with Gasteiger partial charge >= 0.3 is 0 Å². The summed E-state index contributed by atoms with van der Waals surface area (Å²) >= 11 is 0. The van der Waals surface area contributed by atoms with Gasteiger partial charge in [-0.2, -0.15) is 0 Å². The first-order valence-corrected chi connectivity index (χ1v) is 5.35. The molecule has 0 aliphatic heterocycles. The third kappa shape index (κ3) is 2.54. The van der Waals surface area contributed by atoms with Gasteiger partial charge in [-0.25, -0.2) is 0 Å². The van der Waals surface area contributed by atoms with Crippen LogP contribution in [0.15, 0.2) is 36.5 Å². The Hall–Kier alpha value is -1.41. The van der Waals surface area contributed by atoms with Crippen LogP contribution in [-0.4, -0.2) is 11.0 Å². The van der Waals surface area contributed by atoms with E-state index in [1.807, 2.05) is 19.2 Å². The Morgan fingerprint density at radius 3 is 3.00 bits per heavy atom. The predicted octanol–water partition coefficient (Wildman–Crippen LogP) is 2.51. The first kappa shape index (κ1) is 10.1. The van der Waals surface area contributed by atoms with Gasteiger partial charge in [-0.3, -0.25) is 4.98 Å². The second-order valence-electron chi connectivity index (χ2n) is 4.05. The van der Waals surface area contributed by atoms with Gasteiger partial charge in [-0.05, 0) is 37.5 Å². The molecule has 1 atom stereocenters. The molecule has 15 heavy (non-hydrogen) atoms. The molecule has 2 rings (SSSR count). The average Bonchev–Trinajstić information content (AvgIpc) is 2.26. The molecule has 2 N–H and O–H groups in total. The Morgan fingerprint density at radius 1 is 1.33 bits per heavy atom. The second-order valence-corrected chi connectivity index (χ2v) is 4.05. The van der Waals surface area contributed by atoms with Crippen molar-refractivity contribution >= 4 is 10.9 Å². The summed E-state index contributed by atoms with van der Waals surface area (Å²) in [5.41, 5.74) is 8.12. The van der Waals surface area contributed by atoms with E-state index < -0.39 is 0 Å². The third-order valence-corrected chi connectivity index (χ3v) is 2.56. The van der Waals surface area contributed by atoms with Crippen LogP contribution in [0.4, 0.5) is 0 Å². The van der Waals surface area contributed by atoms with Gasteiger partial charge in [-0.15, -0.1) is 0 Å². The lowest BCUT2D eigenvalue weighted by Crippen LogP contribution is -2.15. The zero-order valence-corrected chi connectivity index (χ0v) is 8.98. The van der Waals surface area contributed by atoms with Crippen molar-refractivity contribution in [2.75, 3.05) is 0 Å². The first-order chi connectivity index (χ1) is 7.25. The maximum atomic E-state index is 5.74. The van der Waals surface area contributed by atoms with Crippen molar-refractivity contribution in [2.45, 2.75) is 25.8 Å². The van der Waals surface area contributed by atoms with E-state index in [4.69, 9.17) is 5.73 Å². The lowest BCUT2D eigenvalue weighted by atomic mass is 10.0. The molecule has 2 heteroatoms. The quantitative estimate of drug-likeness (QED) is 0.826. The molecule has 0 saturated heterocycles. The van der Waals surface area contributed by atoms with E-state index >= 15 is 0 Å². The number of benzene rings is 1. The molecule has 0 aliphatic carbocycles. The normalized spacial score (nSPS) is 12.9. The minimum absolute atomic E-state index is 0.268. The number of hydrogen-bond acceptors (Lipinski definition) is 2. The zero-order valence-electron chi connectivity index (χ0n) is 8.98. The van der Waals surface area contributed by atoms with Crippen LogP contribution in [-0.2, 0) is 6.42 Å². The van der Waals surface area contributed by atoms with E-state index in [1.54, 1.807) is 0 Å². The maximum absolute atomic E-state index is 5.74. The maximum Gasteiger partial charge on any atom is 0.0704 e. The highest BCUT2D eigenvalue weighted by molar-refractivity contribution is 5.78. The smallest absolute Gasteiger partial charge is 0.0704 e. The van der Waals surface area contributed by atoms with Crippen molar-refractivity contribution in [3.8, 4) is 0 Å². The van der Waals surface area contributed by atoms with Crippen LogP contribution < -0.4 is 5.73 Å². The number of aryl methyl sites for hydroxylation is 1. The summed E-state index contributed by atoms with van der Waals surface area (Å²) in [5.74, 6) is 0. The number of hydrogen-bond donors (Lipinski definition) is 1. The number of fused-ring (bicyclic) bond motifs is 1. The third-order valence-electron chi connectivity index (χ3n) is 2.56. The molecule has 0 aliphatic rings. The predicted molar refractivity (Wildman–Crippen MR) is 63.7 cm³/mol. The fourth-order valence-electron chi connectivity index (χ4n) is 1.66. The SMILES string of the molecule is C[C@H](N)CCc1ccc2cccnc2c1. The van der Waals surface area contributed by atoms with Gasteiger partial charge < -0.3 is 5.73 Å². The lowest BCUT2D eigenvalue weighted by Gasteiger charge is -2.05. The first-order valence-electron chi connectivity index (χ1n) is 5.35. The molecule has 2 aromatic rings. The van der Waals surface area contributed by atoms with Crippen molar-refractivity contribution in [3.05, 3.63) is 42.1 Å². The van der Waals surface area contributed by atoms with Crippen molar-refractivity contribution in [2.24, 2.45) is 5.73 Å². The highest BCUT2D eigenvalue weighted by atomic mass is 14.6. The van der Waals surface area contributed by atoms with Crippen molar-refractivity contribution in [3.63, 3.8) is 0 Å². The zero-order chi connectivity index (χ0) is 10.7. The highest BCUT2D eigenvalue weighted by Gasteiger charge is 1.99. The molecular weight excluding hydrogens is 184 g/mol.